The number of nitrogens with zero attached hydrogens (tertiary/aromatic N) is 3. The lowest BCUT2D eigenvalue weighted by atomic mass is 10.1. The van der Waals surface area contributed by atoms with Crippen molar-refractivity contribution in [3.63, 3.8) is 0 Å². The monoisotopic (exact) mass is 464 g/mol. The second kappa shape index (κ2) is 8.82. The molecule has 1 aliphatic carbocycles. The number of nitrogens with one attached hydrogen (secondary N) is 1. The third kappa shape index (κ3) is 5.04. The van der Waals surface area contributed by atoms with Gasteiger partial charge in [-0.2, -0.15) is 13.2 Å². The molecule has 1 fully saturated rings. The van der Waals surface area contributed by atoms with E-state index in [9.17, 15) is 22.8 Å². The molecule has 10 heteroatoms. The van der Waals surface area contributed by atoms with E-state index in [1.807, 2.05) is 0 Å². The van der Waals surface area contributed by atoms with Crippen LogP contribution in [0.15, 0.2) is 53.3 Å². The van der Waals surface area contributed by atoms with Gasteiger partial charge in [-0.1, -0.05) is 35.9 Å². The van der Waals surface area contributed by atoms with Gasteiger partial charge in [0, 0.05) is 23.2 Å². The molecule has 1 amide bonds. The molecule has 0 aliphatic heterocycles. The van der Waals surface area contributed by atoms with Crippen molar-refractivity contribution < 1.29 is 18.0 Å². The summed E-state index contributed by atoms with van der Waals surface area (Å²) in [6.45, 7) is 0.271. The molecule has 3 aromatic rings. The molecule has 2 aromatic carbocycles. The Morgan fingerprint density at radius 2 is 1.88 bits per heavy atom. The minimum Gasteiger partial charge on any atom is -0.354 e. The molecule has 32 heavy (non-hydrogen) atoms. The molecular weight excluding hydrogens is 445 g/mol. The van der Waals surface area contributed by atoms with Gasteiger partial charge in [0.15, 0.2) is 5.82 Å². The summed E-state index contributed by atoms with van der Waals surface area (Å²) in [6.07, 6.45) is -2.78. The molecule has 1 aromatic heterocycles. The van der Waals surface area contributed by atoms with Gasteiger partial charge in [0.25, 0.3) is 0 Å². The van der Waals surface area contributed by atoms with E-state index >= 15 is 0 Å². The maximum Gasteiger partial charge on any atom is 0.416 e. The summed E-state index contributed by atoms with van der Waals surface area (Å²) in [6, 6.07) is 11.6. The van der Waals surface area contributed by atoms with Crippen molar-refractivity contribution >= 4 is 17.5 Å². The van der Waals surface area contributed by atoms with Crippen LogP contribution in [0.2, 0.25) is 5.02 Å². The normalized spacial score (nSPS) is 13.9. The summed E-state index contributed by atoms with van der Waals surface area (Å²) in [7, 11) is 0. The molecule has 168 valence electrons. The summed E-state index contributed by atoms with van der Waals surface area (Å²) >= 11 is 5.83. The van der Waals surface area contributed by atoms with Crippen LogP contribution in [0, 0.1) is 0 Å². The summed E-state index contributed by atoms with van der Waals surface area (Å²) in [5, 5.41) is 7.60. The van der Waals surface area contributed by atoms with Gasteiger partial charge in [0.1, 0.15) is 0 Å². The highest BCUT2D eigenvalue weighted by atomic mass is 35.5. The highest BCUT2D eigenvalue weighted by Gasteiger charge is 2.33. The quantitative estimate of drug-likeness (QED) is 0.573. The number of amides is 1. The van der Waals surface area contributed by atoms with E-state index in [4.69, 9.17) is 11.6 Å². The number of benzene rings is 2. The lowest BCUT2D eigenvalue weighted by molar-refractivity contribution is -0.137. The summed E-state index contributed by atoms with van der Waals surface area (Å²) < 4.78 is 42.0. The Bertz CT molecular complexity index is 1180. The van der Waals surface area contributed by atoms with Gasteiger partial charge in [0.2, 0.25) is 5.91 Å². The first-order valence-electron chi connectivity index (χ1n) is 10.1. The summed E-state index contributed by atoms with van der Waals surface area (Å²) in [5.74, 6) is -0.0174. The van der Waals surface area contributed by atoms with Crippen LogP contribution < -0.4 is 11.0 Å². The third-order valence-electron chi connectivity index (χ3n) is 5.15. The number of aromatic nitrogens is 3. The maximum atomic E-state index is 13.1. The molecule has 0 radical (unpaired) electrons. The first-order chi connectivity index (χ1) is 15.2. The second-order valence-corrected chi connectivity index (χ2v) is 8.10. The molecule has 4 rings (SSSR count). The molecule has 0 atom stereocenters. The number of carbonyl (C=O) groups is 1. The van der Waals surface area contributed by atoms with Crippen LogP contribution >= 0.6 is 11.6 Å². The van der Waals surface area contributed by atoms with Crippen molar-refractivity contribution in [2.24, 2.45) is 0 Å². The first kappa shape index (κ1) is 22.1. The first-order valence-corrected chi connectivity index (χ1v) is 10.5. The van der Waals surface area contributed by atoms with Gasteiger partial charge >= 0.3 is 11.9 Å². The second-order valence-electron chi connectivity index (χ2n) is 7.66. The fourth-order valence-electron chi connectivity index (χ4n) is 3.41. The zero-order valence-corrected chi connectivity index (χ0v) is 17.7. The van der Waals surface area contributed by atoms with E-state index in [-0.39, 0.29) is 42.8 Å². The molecule has 1 heterocycles. The lowest BCUT2D eigenvalue weighted by Crippen LogP contribution is -2.32. The largest absolute Gasteiger partial charge is 0.416 e. The van der Waals surface area contributed by atoms with Crippen LogP contribution in [0.1, 0.15) is 30.0 Å². The predicted molar refractivity (Wildman–Crippen MR) is 113 cm³/mol. The fraction of sp³-hybridized carbons (Fsp3) is 0.318. The Hall–Kier alpha value is -3.07. The zero-order chi connectivity index (χ0) is 22.9. The van der Waals surface area contributed by atoms with E-state index in [1.165, 1.54) is 21.4 Å². The lowest BCUT2D eigenvalue weighted by Gasteiger charge is -2.09. The molecule has 0 spiro atoms. The van der Waals surface area contributed by atoms with Gasteiger partial charge in [0.05, 0.1) is 18.5 Å². The van der Waals surface area contributed by atoms with Crippen LogP contribution in [0.25, 0.3) is 11.4 Å². The Labute approximate surface area is 186 Å². The maximum absolute atomic E-state index is 13.1. The number of alkyl halides is 3. The van der Waals surface area contributed by atoms with Crippen molar-refractivity contribution in [2.45, 2.75) is 38.0 Å². The SMILES string of the molecule is O=C(Cc1ccc(Cl)cc1)NCCn1nc(-c2cccc(C(F)(F)F)c2)n(C2CC2)c1=O. The molecule has 0 unspecified atom stereocenters. The van der Waals surface area contributed by atoms with Crippen molar-refractivity contribution in [3.8, 4) is 11.4 Å². The molecule has 0 bridgehead atoms. The van der Waals surface area contributed by atoms with Gasteiger partial charge < -0.3 is 5.32 Å². The van der Waals surface area contributed by atoms with Crippen molar-refractivity contribution in [2.75, 3.05) is 6.54 Å². The zero-order valence-electron chi connectivity index (χ0n) is 16.9. The van der Waals surface area contributed by atoms with Gasteiger partial charge in [-0.05, 0) is 42.7 Å². The van der Waals surface area contributed by atoms with Crippen LogP contribution in [-0.2, 0) is 23.9 Å². The number of hydrogen-bond acceptors (Lipinski definition) is 3. The Balaban J connectivity index is 1.48. The molecular formula is C22H20ClF3N4O2. The van der Waals surface area contributed by atoms with Gasteiger partial charge in [-0.15, -0.1) is 5.10 Å². The molecule has 0 saturated heterocycles. The number of carbonyl (C=O) groups excluding carboxylic acids is 1. The molecule has 1 N–H and O–H groups in total. The van der Waals surface area contributed by atoms with Crippen molar-refractivity contribution in [3.05, 3.63) is 75.2 Å². The number of hydrogen-bond donors (Lipinski definition) is 1. The number of rotatable bonds is 7. The minimum atomic E-state index is -4.49. The molecule has 1 aliphatic rings. The molecule has 6 nitrogen and oxygen atoms in total. The standard InChI is InChI=1S/C22H20ClF3N4O2/c23-17-6-4-14(5-7-17)12-19(31)27-10-11-29-21(32)30(18-8-9-18)20(28-29)15-2-1-3-16(13-15)22(24,25)26/h1-7,13,18H,8-12H2,(H,27,31). The van der Waals surface area contributed by atoms with Gasteiger partial charge in [-0.3, -0.25) is 9.36 Å². The van der Waals surface area contributed by atoms with E-state index in [2.05, 4.69) is 10.4 Å². The number of halogens is 4. The highest BCUT2D eigenvalue weighted by Crippen LogP contribution is 2.37. The minimum absolute atomic E-state index is 0.0692. The topological polar surface area (TPSA) is 68.9 Å². The van der Waals surface area contributed by atoms with Crippen LogP contribution in [0.5, 0.6) is 0 Å². The van der Waals surface area contributed by atoms with E-state index < -0.39 is 17.4 Å². The Morgan fingerprint density at radius 3 is 2.53 bits per heavy atom. The van der Waals surface area contributed by atoms with E-state index in [0.717, 1.165) is 30.5 Å². The van der Waals surface area contributed by atoms with Crippen LogP contribution in [0.4, 0.5) is 13.2 Å². The van der Waals surface area contributed by atoms with Gasteiger partial charge in [-0.25, -0.2) is 9.48 Å². The summed E-state index contributed by atoms with van der Waals surface area (Å²) in [5.41, 5.74) is -0.163. The Kier molecular flexibility index (Phi) is 6.10. The van der Waals surface area contributed by atoms with Crippen LogP contribution in [0.3, 0.4) is 0 Å². The van der Waals surface area contributed by atoms with Crippen molar-refractivity contribution in [1.82, 2.24) is 19.7 Å². The average Bonchev–Trinajstić information content (AvgIpc) is 3.53. The van der Waals surface area contributed by atoms with E-state index in [0.29, 0.717) is 5.02 Å². The summed E-state index contributed by atoms with van der Waals surface area (Å²) in [4.78, 5) is 25.0. The fourth-order valence-corrected chi connectivity index (χ4v) is 3.54. The van der Waals surface area contributed by atoms with E-state index in [1.54, 1.807) is 24.3 Å². The third-order valence-corrected chi connectivity index (χ3v) is 5.41. The molecule has 1 saturated carbocycles. The Morgan fingerprint density at radius 1 is 1.16 bits per heavy atom. The highest BCUT2D eigenvalue weighted by molar-refractivity contribution is 6.30. The average molecular weight is 465 g/mol. The van der Waals surface area contributed by atoms with Crippen molar-refractivity contribution in [1.29, 1.82) is 0 Å². The smallest absolute Gasteiger partial charge is 0.354 e. The predicted octanol–water partition coefficient (Wildman–Crippen LogP) is 4.08. The van der Waals surface area contributed by atoms with Crippen LogP contribution in [-0.4, -0.2) is 26.8 Å².